The number of ether oxygens (including phenoxy) is 2. The van der Waals surface area contributed by atoms with Gasteiger partial charge in [-0.1, -0.05) is 35.9 Å². The fourth-order valence-electron chi connectivity index (χ4n) is 3.44. The second-order valence-corrected chi connectivity index (χ2v) is 7.28. The number of carbonyl (C=O) groups excluding carboxylic acids is 2. The summed E-state index contributed by atoms with van der Waals surface area (Å²) in [4.78, 5) is 26.9. The number of nitrogens with zero attached hydrogens (tertiary/aromatic N) is 1. The monoisotopic (exact) mass is 396 g/mol. The number of rotatable bonds is 7. The van der Waals surface area contributed by atoms with Crippen LogP contribution >= 0.6 is 0 Å². The SMILES string of the molecule is CNC(=O)[C@H](C)N(Cc1cccc(C)c1)C(=O)CCc1ccc2c(c1)OCCO2. The highest BCUT2D eigenvalue weighted by molar-refractivity contribution is 5.87. The zero-order valence-corrected chi connectivity index (χ0v) is 17.2. The molecular weight excluding hydrogens is 368 g/mol. The molecule has 2 aromatic carbocycles. The first kappa shape index (κ1) is 20.7. The van der Waals surface area contributed by atoms with E-state index in [0.717, 1.165) is 28.2 Å². The number of hydrogen-bond donors (Lipinski definition) is 1. The van der Waals surface area contributed by atoms with Gasteiger partial charge in [-0.2, -0.15) is 0 Å². The summed E-state index contributed by atoms with van der Waals surface area (Å²) in [5.74, 6) is 1.22. The predicted octanol–water partition coefficient (Wildman–Crippen LogP) is 2.86. The van der Waals surface area contributed by atoms with E-state index in [1.54, 1.807) is 18.9 Å². The van der Waals surface area contributed by atoms with Crippen molar-refractivity contribution in [3.05, 3.63) is 59.2 Å². The number of carbonyl (C=O) groups is 2. The molecule has 29 heavy (non-hydrogen) atoms. The Morgan fingerprint density at radius 1 is 1.07 bits per heavy atom. The van der Waals surface area contributed by atoms with Crippen LogP contribution in [0.2, 0.25) is 0 Å². The molecule has 2 aromatic rings. The zero-order chi connectivity index (χ0) is 20.8. The fraction of sp³-hybridized carbons (Fsp3) is 0.391. The van der Waals surface area contributed by atoms with E-state index in [0.29, 0.717) is 32.6 Å². The van der Waals surface area contributed by atoms with Crippen LogP contribution < -0.4 is 14.8 Å². The van der Waals surface area contributed by atoms with Gasteiger partial charge in [0.2, 0.25) is 11.8 Å². The molecule has 1 aliphatic rings. The number of likely N-dealkylation sites (N-methyl/N-ethyl adjacent to an activating group) is 1. The van der Waals surface area contributed by atoms with Gasteiger partial charge in [-0.15, -0.1) is 0 Å². The Morgan fingerprint density at radius 3 is 2.55 bits per heavy atom. The van der Waals surface area contributed by atoms with E-state index in [1.165, 1.54) is 0 Å². The highest BCUT2D eigenvalue weighted by Crippen LogP contribution is 2.31. The molecule has 154 valence electrons. The van der Waals surface area contributed by atoms with Crippen LogP contribution in [0.25, 0.3) is 0 Å². The van der Waals surface area contributed by atoms with E-state index < -0.39 is 6.04 Å². The summed E-state index contributed by atoms with van der Waals surface area (Å²) in [6.07, 6.45) is 0.882. The van der Waals surface area contributed by atoms with Crippen molar-refractivity contribution in [2.24, 2.45) is 0 Å². The standard InChI is InChI=1S/C23H28N2O4/c1-16-5-4-6-19(13-16)15-25(17(2)23(27)24-3)22(26)10-8-18-7-9-20-21(14-18)29-12-11-28-20/h4-7,9,13-14,17H,8,10-12,15H2,1-3H3,(H,24,27)/t17-/m0/s1. The molecule has 0 aromatic heterocycles. The number of benzene rings is 2. The van der Waals surface area contributed by atoms with Crippen molar-refractivity contribution in [1.82, 2.24) is 10.2 Å². The van der Waals surface area contributed by atoms with E-state index in [2.05, 4.69) is 5.32 Å². The lowest BCUT2D eigenvalue weighted by Gasteiger charge is -2.28. The molecule has 0 spiro atoms. The van der Waals surface area contributed by atoms with Gasteiger partial charge in [0.15, 0.2) is 11.5 Å². The summed E-state index contributed by atoms with van der Waals surface area (Å²) in [6, 6.07) is 13.2. The van der Waals surface area contributed by atoms with Gasteiger partial charge in [0.1, 0.15) is 19.3 Å². The lowest BCUT2D eigenvalue weighted by molar-refractivity contribution is -0.140. The van der Waals surface area contributed by atoms with Crippen LogP contribution in [0.4, 0.5) is 0 Å². The van der Waals surface area contributed by atoms with E-state index in [4.69, 9.17) is 9.47 Å². The highest BCUT2D eigenvalue weighted by Gasteiger charge is 2.25. The summed E-state index contributed by atoms with van der Waals surface area (Å²) in [6.45, 7) is 5.26. The normalized spacial score (nSPS) is 13.5. The van der Waals surface area contributed by atoms with Gasteiger partial charge in [0.05, 0.1) is 0 Å². The number of aryl methyl sites for hydroxylation is 2. The van der Waals surface area contributed by atoms with Crippen molar-refractivity contribution in [2.75, 3.05) is 20.3 Å². The van der Waals surface area contributed by atoms with Crippen molar-refractivity contribution in [3.63, 3.8) is 0 Å². The van der Waals surface area contributed by atoms with E-state index >= 15 is 0 Å². The lowest BCUT2D eigenvalue weighted by Crippen LogP contribution is -2.46. The molecule has 0 saturated heterocycles. The average Bonchev–Trinajstić information content (AvgIpc) is 2.74. The first-order valence-electron chi connectivity index (χ1n) is 9.93. The third-order valence-corrected chi connectivity index (χ3v) is 5.08. The minimum absolute atomic E-state index is 0.0579. The Morgan fingerprint density at radius 2 is 1.83 bits per heavy atom. The summed E-state index contributed by atoms with van der Waals surface area (Å²) in [5, 5.41) is 2.64. The molecule has 6 heteroatoms. The molecule has 1 aliphatic heterocycles. The van der Waals surface area contributed by atoms with Crippen LogP contribution in [-0.4, -0.2) is 43.0 Å². The van der Waals surface area contributed by atoms with Crippen LogP contribution in [0.5, 0.6) is 11.5 Å². The molecule has 1 N–H and O–H groups in total. The largest absolute Gasteiger partial charge is 0.486 e. The Bertz CT molecular complexity index is 881. The van der Waals surface area contributed by atoms with Crippen LogP contribution in [0.15, 0.2) is 42.5 Å². The maximum Gasteiger partial charge on any atom is 0.242 e. The van der Waals surface area contributed by atoms with Crippen molar-refractivity contribution in [2.45, 2.75) is 39.3 Å². The van der Waals surface area contributed by atoms with Crippen molar-refractivity contribution < 1.29 is 19.1 Å². The predicted molar refractivity (Wildman–Crippen MR) is 111 cm³/mol. The second-order valence-electron chi connectivity index (χ2n) is 7.28. The minimum Gasteiger partial charge on any atom is -0.486 e. The fourth-order valence-corrected chi connectivity index (χ4v) is 3.44. The molecule has 2 amide bonds. The Labute approximate surface area is 171 Å². The van der Waals surface area contributed by atoms with Gasteiger partial charge >= 0.3 is 0 Å². The number of fused-ring (bicyclic) bond motifs is 1. The molecule has 0 saturated carbocycles. The first-order chi connectivity index (χ1) is 14.0. The van der Waals surface area contributed by atoms with Crippen LogP contribution in [0.1, 0.15) is 30.0 Å². The van der Waals surface area contributed by atoms with Crippen molar-refractivity contribution in [1.29, 1.82) is 0 Å². The average molecular weight is 396 g/mol. The molecule has 6 nitrogen and oxygen atoms in total. The first-order valence-corrected chi connectivity index (χ1v) is 9.93. The van der Waals surface area contributed by atoms with Crippen molar-refractivity contribution >= 4 is 11.8 Å². The maximum atomic E-state index is 13.0. The van der Waals surface area contributed by atoms with Gasteiger partial charge in [-0.05, 0) is 43.5 Å². The van der Waals surface area contributed by atoms with Gasteiger partial charge in [0, 0.05) is 20.0 Å². The molecule has 0 radical (unpaired) electrons. The van der Waals surface area contributed by atoms with Gasteiger partial charge in [-0.3, -0.25) is 9.59 Å². The Hall–Kier alpha value is -3.02. The summed E-state index contributed by atoms with van der Waals surface area (Å²) >= 11 is 0. The van der Waals surface area contributed by atoms with E-state index in [9.17, 15) is 9.59 Å². The zero-order valence-electron chi connectivity index (χ0n) is 17.2. The van der Waals surface area contributed by atoms with E-state index in [-0.39, 0.29) is 11.8 Å². The molecule has 0 aliphatic carbocycles. The van der Waals surface area contributed by atoms with Gasteiger partial charge < -0.3 is 19.7 Å². The molecule has 3 rings (SSSR count). The lowest BCUT2D eigenvalue weighted by atomic mass is 10.1. The molecule has 0 fully saturated rings. The van der Waals surface area contributed by atoms with Crippen LogP contribution in [0.3, 0.4) is 0 Å². The summed E-state index contributed by atoms with van der Waals surface area (Å²) < 4.78 is 11.2. The molecule has 0 bridgehead atoms. The summed E-state index contributed by atoms with van der Waals surface area (Å²) in [5.41, 5.74) is 3.14. The topological polar surface area (TPSA) is 67.9 Å². The third kappa shape index (κ3) is 5.28. The molecular formula is C23H28N2O4. The van der Waals surface area contributed by atoms with Crippen LogP contribution in [-0.2, 0) is 22.6 Å². The van der Waals surface area contributed by atoms with Gasteiger partial charge in [0.25, 0.3) is 0 Å². The van der Waals surface area contributed by atoms with E-state index in [1.807, 2.05) is 49.4 Å². The van der Waals surface area contributed by atoms with Crippen molar-refractivity contribution in [3.8, 4) is 11.5 Å². The number of hydrogen-bond acceptors (Lipinski definition) is 4. The molecule has 1 heterocycles. The highest BCUT2D eigenvalue weighted by atomic mass is 16.6. The number of amides is 2. The quantitative estimate of drug-likeness (QED) is 0.782. The number of nitrogens with one attached hydrogen (secondary N) is 1. The molecule has 0 unspecified atom stereocenters. The summed E-state index contributed by atoms with van der Waals surface area (Å²) in [7, 11) is 1.59. The van der Waals surface area contributed by atoms with Crippen LogP contribution in [0, 0.1) is 6.92 Å². The Kier molecular flexibility index (Phi) is 6.75. The maximum absolute atomic E-state index is 13.0. The second kappa shape index (κ2) is 9.45. The van der Waals surface area contributed by atoms with Gasteiger partial charge in [-0.25, -0.2) is 0 Å². The molecule has 1 atom stereocenters. The smallest absolute Gasteiger partial charge is 0.242 e. The third-order valence-electron chi connectivity index (χ3n) is 5.08. The Balaban J connectivity index is 1.71. The minimum atomic E-state index is -0.548.